The number of benzene rings is 2. The smallest absolute Gasteiger partial charge is 0.317 e. The molecule has 0 aliphatic rings. The molecule has 0 fully saturated rings. The van der Waals surface area contributed by atoms with Crippen molar-refractivity contribution in [2.24, 2.45) is 0 Å². The average Bonchev–Trinajstić information content (AvgIpc) is 2.57. The highest BCUT2D eigenvalue weighted by Gasteiger charge is 2.07. The zero-order valence-electron chi connectivity index (χ0n) is 13.2. The van der Waals surface area contributed by atoms with Crippen molar-refractivity contribution < 1.29 is 13.9 Å². The van der Waals surface area contributed by atoms with E-state index >= 15 is 0 Å². The number of carbonyl (C=O) groups excluding carboxylic acids is 1. The molecule has 0 radical (unpaired) electrons. The van der Waals surface area contributed by atoms with Gasteiger partial charge in [0.1, 0.15) is 18.2 Å². The van der Waals surface area contributed by atoms with E-state index in [0.717, 1.165) is 11.3 Å². The molecule has 5 heteroatoms. The molecule has 0 atom stereocenters. The second kappa shape index (κ2) is 8.78. The Morgan fingerprint density at radius 3 is 2.52 bits per heavy atom. The molecule has 2 amide bonds. The highest BCUT2D eigenvalue weighted by Crippen LogP contribution is 2.07. The van der Waals surface area contributed by atoms with Gasteiger partial charge in [-0.2, -0.15) is 0 Å². The molecule has 0 aromatic heterocycles. The van der Waals surface area contributed by atoms with Crippen LogP contribution in [-0.2, 0) is 6.42 Å². The van der Waals surface area contributed by atoms with Gasteiger partial charge in [0.25, 0.3) is 0 Å². The van der Waals surface area contributed by atoms with E-state index < -0.39 is 0 Å². The minimum Gasteiger partial charge on any atom is -0.492 e. The van der Waals surface area contributed by atoms with Crippen LogP contribution in [-0.4, -0.2) is 37.7 Å². The van der Waals surface area contributed by atoms with E-state index in [2.05, 4.69) is 5.32 Å². The number of rotatable bonds is 7. The third-order valence-corrected chi connectivity index (χ3v) is 3.39. The third kappa shape index (κ3) is 5.98. The molecule has 4 nitrogen and oxygen atoms in total. The van der Waals surface area contributed by atoms with Gasteiger partial charge in [-0.25, -0.2) is 9.18 Å². The lowest BCUT2D eigenvalue weighted by molar-refractivity contribution is 0.195. The van der Waals surface area contributed by atoms with Crippen LogP contribution >= 0.6 is 0 Å². The number of carbonyl (C=O) groups is 1. The molecular formula is C18H21FN2O2. The molecule has 0 bridgehead atoms. The first kappa shape index (κ1) is 16.8. The maximum absolute atomic E-state index is 12.8. The molecule has 0 saturated carbocycles. The Kier molecular flexibility index (Phi) is 6.41. The van der Waals surface area contributed by atoms with Gasteiger partial charge in [0.05, 0.1) is 6.54 Å². The van der Waals surface area contributed by atoms with Crippen molar-refractivity contribution >= 4 is 6.03 Å². The van der Waals surface area contributed by atoms with Crippen LogP contribution < -0.4 is 10.1 Å². The van der Waals surface area contributed by atoms with E-state index in [1.807, 2.05) is 30.3 Å². The largest absolute Gasteiger partial charge is 0.492 e. The zero-order valence-corrected chi connectivity index (χ0v) is 13.2. The number of hydrogen-bond donors (Lipinski definition) is 1. The maximum Gasteiger partial charge on any atom is 0.317 e. The lowest BCUT2D eigenvalue weighted by Crippen LogP contribution is -2.40. The lowest BCUT2D eigenvalue weighted by Gasteiger charge is -2.18. The van der Waals surface area contributed by atoms with Crippen molar-refractivity contribution in [2.75, 3.05) is 26.7 Å². The fourth-order valence-corrected chi connectivity index (χ4v) is 2.02. The minimum atomic E-state index is -0.254. The molecule has 122 valence electrons. The number of urea groups is 1. The van der Waals surface area contributed by atoms with Gasteiger partial charge in [0, 0.05) is 13.6 Å². The third-order valence-electron chi connectivity index (χ3n) is 3.39. The Bertz CT molecular complexity index is 602. The molecule has 0 spiro atoms. The van der Waals surface area contributed by atoms with Gasteiger partial charge in [-0.05, 0) is 36.2 Å². The summed E-state index contributed by atoms with van der Waals surface area (Å²) in [5.74, 6) is 0.536. The van der Waals surface area contributed by atoms with Crippen molar-refractivity contribution in [3.63, 3.8) is 0 Å². The summed E-state index contributed by atoms with van der Waals surface area (Å²) in [4.78, 5) is 13.5. The van der Waals surface area contributed by atoms with Crippen molar-refractivity contribution in [1.29, 1.82) is 0 Å². The summed E-state index contributed by atoms with van der Waals surface area (Å²) in [5.41, 5.74) is 0.988. The number of nitrogens with zero attached hydrogens (tertiary/aromatic N) is 1. The van der Waals surface area contributed by atoms with Gasteiger partial charge in [-0.3, -0.25) is 0 Å². The van der Waals surface area contributed by atoms with Crippen LogP contribution in [0.2, 0.25) is 0 Å². The topological polar surface area (TPSA) is 41.6 Å². The molecule has 0 saturated heterocycles. The van der Waals surface area contributed by atoms with Crippen LogP contribution in [0.1, 0.15) is 5.56 Å². The molecule has 0 unspecified atom stereocenters. The molecule has 0 heterocycles. The summed E-state index contributed by atoms with van der Waals surface area (Å²) in [6.07, 6.45) is 0.667. The summed E-state index contributed by atoms with van der Waals surface area (Å²) in [6, 6.07) is 15.6. The lowest BCUT2D eigenvalue weighted by atomic mass is 10.1. The number of hydrogen-bond acceptors (Lipinski definition) is 2. The highest BCUT2D eigenvalue weighted by molar-refractivity contribution is 5.73. The average molecular weight is 316 g/mol. The van der Waals surface area contributed by atoms with Gasteiger partial charge >= 0.3 is 6.03 Å². The number of halogens is 1. The van der Waals surface area contributed by atoms with E-state index in [1.165, 1.54) is 12.1 Å². The molecule has 2 aromatic carbocycles. The molecule has 23 heavy (non-hydrogen) atoms. The molecular weight excluding hydrogens is 295 g/mol. The van der Waals surface area contributed by atoms with E-state index in [4.69, 9.17) is 4.74 Å². The second-order valence-electron chi connectivity index (χ2n) is 5.19. The SMILES string of the molecule is CN(CCOc1ccccc1)C(=O)NCCc1ccc(F)cc1. The van der Waals surface area contributed by atoms with Crippen molar-refractivity contribution in [2.45, 2.75) is 6.42 Å². The monoisotopic (exact) mass is 316 g/mol. The normalized spacial score (nSPS) is 10.2. The standard InChI is InChI=1S/C18H21FN2O2/c1-21(13-14-23-17-5-3-2-4-6-17)18(22)20-12-11-15-7-9-16(19)10-8-15/h2-10H,11-14H2,1H3,(H,20,22). The Hall–Kier alpha value is -2.56. The highest BCUT2D eigenvalue weighted by atomic mass is 19.1. The predicted octanol–water partition coefficient (Wildman–Crippen LogP) is 3.09. The van der Waals surface area contributed by atoms with Gasteiger partial charge in [-0.1, -0.05) is 30.3 Å². The van der Waals surface area contributed by atoms with E-state index in [0.29, 0.717) is 26.1 Å². The fourth-order valence-electron chi connectivity index (χ4n) is 2.02. The van der Waals surface area contributed by atoms with Crippen LogP contribution in [0, 0.1) is 5.82 Å². The van der Waals surface area contributed by atoms with Crippen LogP contribution in [0.5, 0.6) is 5.75 Å². The second-order valence-corrected chi connectivity index (χ2v) is 5.19. The Balaban J connectivity index is 1.63. The van der Waals surface area contributed by atoms with Crippen LogP contribution in [0.25, 0.3) is 0 Å². The molecule has 2 aromatic rings. The summed E-state index contributed by atoms with van der Waals surface area (Å²) >= 11 is 0. The minimum absolute atomic E-state index is 0.149. The first-order valence-electron chi connectivity index (χ1n) is 7.56. The van der Waals surface area contributed by atoms with Gasteiger partial charge < -0.3 is 15.0 Å². The number of nitrogens with one attached hydrogen (secondary N) is 1. The summed E-state index contributed by atoms with van der Waals surface area (Å²) in [6.45, 7) is 1.44. The van der Waals surface area contributed by atoms with Crippen molar-refractivity contribution in [3.8, 4) is 5.75 Å². The van der Waals surface area contributed by atoms with Gasteiger partial charge in [0.2, 0.25) is 0 Å². The molecule has 0 aliphatic heterocycles. The molecule has 2 rings (SSSR count). The van der Waals surface area contributed by atoms with Crippen LogP contribution in [0.15, 0.2) is 54.6 Å². The quantitative estimate of drug-likeness (QED) is 0.853. The number of likely N-dealkylation sites (N-methyl/N-ethyl adjacent to an activating group) is 1. The maximum atomic E-state index is 12.8. The Morgan fingerprint density at radius 2 is 1.83 bits per heavy atom. The Morgan fingerprint density at radius 1 is 1.13 bits per heavy atom. The first-order chi connectivity index (χ1) is 11.1. The van der Waals surface area contributed by atoms with Gasteiger partial charge in [0.15, 0.2) is 0 Å². The van der Waals surface area contributed by atoms with E-state index in [9.17, 15) is 9.18 Å². The van der Waals surface area contributed by atoms with Gasteiger partial charge in [-0.15, -0.1) is 0 Å². The first-order valence-corrected chi connectivity index (χ1v) is 7.56. The summed E-state index contributed by atoms with van der Waals surface area (Å²) in [5, 5.41) is 2.83. The van der Waals surface area contributed by atoms with Crippen molar-refractivity contribution in [3.05, 3.63) is 66.0 Å². The van der Waals surface area contributed by atoms with E-state index in [1.54, 1.807) is 24.1 Å². The zero-order chi connectivity index (χ0) is 16.5. The van der Waals surface area contributed by atoms with Crippen LogP contribution in [0.4, 0.5) is 9.18 Å². The van der Waals surface area contributed by atoms with E-state index in [-0.39, 0.29) is 11.8 Å². The van der Waals surface area contributed by atoms with Crippen molar-refractivity contribution in [1.82, 2.24) is 10.2 Å². The molecule has 0 aliphatic carbocycles. The predicted molar refractivity (Wildman–Crippen MR) is 88.1 cm³/mol. The Labute approximate surface area is 135 Å². The number of ether oxygens (including phenoxy) is 1. The molecule has 1 N–H and O–H groups in total. The number of para-hydroxylation sites is 1. The fraction of sp³-hybridized carbons (Fsp3) is 0.278. The number of amides is 2. The summed E-state index contributed by atoms with van der Waals surface area (Å²) in [7, 11) is 1.72. The summed E-state index contributed by atoms with van der Waals surface area (Å²) < 4.78 is 18.4. The van der Waals surface area contributed by atoms with Crippen LogP contribution in [0.3, 0.4) is 0 Å².